The van der Waals surface area contributed by atoms with Crippen LogP contribution in [0, 0.1) is 0 Å². The van der Waals surface area contributed by atoms with Crippen LogP contribution in [0.3, 0.4) is 0 Å². The summed E-state index contributed by atoms with van der Waals surface area (Å²) in [7, 11) is 0. The lowest BCUT2D eigenvalue weighted by atomic mass is 10.1. The van der Waals surface area contributed by atoms with Gasteiger partial charge in [-0.1, -0.05) is 19.0 Å². The van der Waals surface area contributed by atoms with E-state index in [1.165, 1.54) is 4.90 Å². The largest absolute Gasteiger partial charge is 0.479 e. The Bertz CT molecular complexity index is 482. The number of hydrogen-bond acceptors (Lipinski definition) is 5. The molecular formula is C12H16N2O5. The molecule has 0 aliphatic carbocycles. The summed E-state index contributed by atoms with van der Waals surface area (Å²) < 4.78 is 10.1. The van der Waals surface area contributed by atoms with Crippen LogP contribution in [-0.4, -0.2) is 52.8 Å². The van der Waals surface area contributed by atoms with Crippen LogP contribution < -0.4 is 0 Å². The van der Waals surface area contributed by atoms with E-state index in [9.17, 15) is 9.59 Å². The summed E-state index contributed by atoms with van der Waals surface area (Å²) in [5.74, 6) is -1.12. The molecule has 1 aliphatic heterocycles. The van der Waals surface area contributed by atoms with Crippen molar-refractivity contribution in [3.8, 4) is 0 Å². The summed E-state index contributed by atoms with van der Waals surface area (Å²) >= 11 is 0. The molecule has 1 aromatic heterocycles. The molecular weight excluding hydrogens is 252 g/mol. The fourth-order valence-electron chi connectivity index (χ4n) is 1.80. The molecule has 1 atom stereocenters. The number of hydrogen-bond donors (Lipinski definition) is 1. The molecule has 0 spiro atoms. The quantitative estimate of drug-likeness (QED) is 0.868. The third kappa shape index (κ3) is 2.93. The van der Waals surface area contributed by atoms with Crippen LogP contribution in [0.2, 0.25) is 0 Å². The van der Waals surface area contributed by atoms with E-state index in [0.717, 1.165) is 0 Å². The van der Waals surface area contributed by atoms with Gasteiger partial charge in [-0.15, -0.1) is 0 Å². The van der Waals surface area contributed by atoms with Crippen molar-refractivity contribution in [2.45, 2.75) is 25.9 Å². The molecule has 1 fully saturated rings. The smallest absolute Gasteiger partial charge is 0.334 e. The molecule has 19 heavy (non-hydrogen) atoms. The third-order valence-corrected chi connectivity index (χ3v) is 2.96. The first-order valence-electron chi connectivity index (χ1n) is 6.09. The molecule has 1 N–H and O–H groups in total. The number of morpholine rings is 1. The normalized spacial score (nSPS) is 19.7. The Kier molecular flexibility index (Phi) is 3.84. The average molecular weight is 268 g/mol. The number of carboxylic acid groups (broad SMARTS) is 1. The molecule has 2 rings (SSSR count). The van der Waals surface area contributed by atoms with Crippen LogP contribution in [0.25, 0.3) is 0 Å². The van der Waals surface area contributed by atoms with E-state index in [0.29, 0.717) is 12.2 Å². The summed E-state index contributed by atoms with van der Waals surface area (Å²) in [6, 6.07) is 1.60. The first-order chi connectivity index (χ1) is 8.99. The Morgan fingerprint density at radius 1 is 1.53 bits per heavy atom. The van der Waals surface area contributed by atoms with Crippen LogP contribution in [0.4, 0.5) is 0 Å². The van der Waals surface area contributed by atoms with Gasteiger partial charge in [0.2, 0.25) is 5.76 Å². The number of carboxylic acids is 1. The predicted molar refractivity (Wildman–Crippen MR) is 63.9 cm³/mol. The van der Waals surface area contributed by atoms with Crippen molar-refractivity contribution in [1.29, 1.82) is 0 Å². The summed E-state index contributed by atoms with van der Waals surface area (Å²) in [6.45, 7) is 4.46. The minimum Gasteiger partial charge on any atom is -0.479 e. The maximum absolute atomic E-state index is 12.1. The van der Waals surface area contributed by atoms with Gasteiger partial charge in [0.05, 0.1) is 18.8 Å². The van der Waals surface area contributed by atoms with Crippen molar-refractivity contribution in [3.63, 3.8) is 0 Å². The monoisotopic (exact) mass is 268 g/mol. The Morgan fingerprint density at radius 3 is 2.84 bits per heavy atom. The molecule has 7 heteroatoms. The van der Waals surface area contributed by atoms with Crippen LogP contribution >= 0.6 is 0 Å². The first kappa shape index (κ1) is 13.5. The highest BCUT2D eigenvalue weighted by atomic mass is 16.5. The summed E-state index contributed by atoms with van der Waals surface area (Å²) in [6.07, 6.45) is -0.981. The Morgan fingerprint density at radius 2 is 2.26 bits per heavy atom. The second kappa shape index (κ2) is 5.40. The summed E-state index contributed by atoms with van der Waals surface area (Å²) in [5.41, 5.74) is 0.700. The summed E-state index contributed by atoms with van der Waals surface area (Å²) in [4.78, 5) is 24.4. The van der Waals surface area contributed by atoms with Gasteiger partial charge in [0, 0.05) is 12.6 Å². The number of rotatable bonds is 3. The van der Waals surface area contributed by atoms with Gasteiger partial charge in [0.15, 0.2) is 6.10 Å². The van der Waals surface area contributed by atoms with Crippen molar-refractivity contribution in [3.05, 3.63) is 17.5 Å². The van der Waals surface area contributed by atoms with Gasteiger partial charge in [0.1, 0.15) is 0 Å². The zero-order valence-corrected chi connectivity index (χ0v) is 10.8. The second-order valence-electron chi connectivity index (χ2n) is 4.72. The van der Waals surface area contributed by atoms with Crippen LogP contribution in [-0.2, 0) is 9.53 Å². The highest BCUT2D eigenvalue weighted by Crippen LogP contribution is 2.16. The molecule has 7 nitrogen and oxygen atoms in total. The molecule has 0 aromatic carbocycles. The topological polar surface area (TPSA) is 92.9 Å². The molecule has 1 amide bonds. The van der Waals surface area contributed by atoms with Crippen molar-refractivity contribution in [2.75, 3.05) is 19.7 Å². The number of aromatic nitrogens is 1. The number of ether oxygens (including phenoxy) is 1. The van der Waals surface area contributed by atoms with Gasteiger partial charge in [-0.2, -0.15) is 0 Å². The van der Waals surface area contributed by atoms with Crippen molar-refractivity contribution >= 4 is 11.9 Å². The molecule has 0 radical (unpaired) electrons. The minimum atomic E-state index is -1.07. The van der Waals surface area contributed by atoms with Crippen molar-refractivity contribution < 1.29 is 24.0 Å². The van der Waals surface area contributed by atoms with Gasteiger partial charge >= 0.3 is 5.97 Å². The molecule has 1 unspecified atom stereocenters. The molecule has 1 aromatic rings. The molecule has 0 saturated carbocycles. The van der Waals surface area contributed by atoms with E-state index in [-0.39, 0.29) is 30.7 Å². The van der Waals surface area contributed by atoms with Gasteiger partial charge in [-0.05, 0) is 5.92 Å². The van der Waals surface area contributed by atoms with Gasteiger partial charge in [-0.3, -0.25) is 4.79 Å². The van der Waals surface area contributed by atoms with E-state index in [1.807, 2.05) is 13.8 Å². The van der Waals surface area contributed by atoms with Crippen molar-refractivity contribution in [2.24, 2.45) is 0 Å². The number of carbonyl (C=O) groups excluding carboxylic acids is 1. The van der Waals surface area contributed by atoms with E-state index < -0.39 is 12.1 Å². The van der Waals surface area contributed by atoms with E-state index in [4.69, 9.17) is 14.4 Å². The van der Waals surface area contributed by atoms with Crippen LogP contribution in [0.1, 0.15) is 36.0 Å². The SMILES string of the molecule is CC(C)c1cc(C(=O)N2CCOC(C(=O)O)C2)on1. The first-order valence-corrected chi connectivity index (χ1v) is 6.09. The number of nitrogens with zero attached hydrogens (tertiary/aromatic N) is 2. The molecule has 1 saturated heterocycles. The molecule has 0 bridgehead atoms. The zero-order valence-electron chi connectivity index (χ0n) is 10.8. The lowest BCUT2D eigenvalue weighted by molar-refractivity contribution is -0.154. The average Bonchev–Trinajstić information content (AvgIpc) is 2.87. The van der Waals surface area contributed by atoms with Gasteiger partial charge in [0.25, 0.3) is 5.91 Å². The molecule has 104 valence electrons. The van der Waals surface area contributed by atoms with E-state index in [1.54, 1.807) is 6.07 Å². The van der Waals surface area contributed by atoms with Gasteiger partial charge < -0.3 is 19.3 Å². The highest BCUT2D eigenvalue weighted by molar-refractivity contribution is 5.92. The Labute approximate surface area is 110 Å². The number of aliphatic carboxylic acids is 1. The third-order valence-electron chi connectivity index (χ3n) is 2.96. The predicted octanol–water partition coefficient (Wildman–Crippen LogP) is 0.724. The van der Waals surface area contributed by atoms with E-state index >= 15 is 0 Å². The Hall–Kier alpha value is -1.89. The van der Waals surface area contributed by atoms with E-state index in [2.05, 4.69) is 5.16 Å². The highest BCUT2D eigenvalue weighted by Gasteiger charge is 2.31. The molecule has 1 aliphatic rings. The van der Waals surface area contributed by atoms with Crippen molar-refractivity contribution in [1.82, 2.24) is 10.1 Å². The fourth-order valence-corrected chi connectivity index (χ4v) is 1.80. The van der Waals surface area contributed by atoms with Crippen LogP contribution in [0.15, 0.2) is 10.6 Å². The standard InChI is InChI=1S/C12H16N2O5/c1-7(2)8-5-9(19-13-8)11(15)14-3-4-18-10(6-14)12(16)17/h5,7,10H,3-4,6H2,1-2H3,(H,16,17). The number of carbonyl (C=O) groups is 2. The summed E-state index contributed by atoms with van der Waals surface area (Å²) in [5, 5.41) is 12.7. The fraction of sp³-hybridized carbons (Fsp3) is 0.583. The van der Waals surface area contributed by atoms with Gasteiger partial charge in [-0.25, -0.2) is 4.79 Å². The number of amides is 1. The van der Waals surface area contributed by atoms with Crippen LogP contribution in [0.5, 0.6) is 0 Å². The lowest BCUT2D eigenvalue weighted by Gasteiger charge is -2.29. The second-order valence-corrected chi connectivity index (χ2v) is 4.72. The minimum absolute atomic E-state index is 0.0197. The molecule has 2 heterocycles. The lowest BCUT2D eigenvalue weighted by Crippen LogP contribution is -2.48. The Balaban J connectivity index is 2.08. The zero-order chi connectivity index (χ0) is 14.0. The maximum Gasteiger partial charge on any atom is 0.334 e. The maximum atomic E-state index is 12.1.